The first-order valence-electron chi connectivity index (χ1n) is 7.06. The van der Waals surface area contributed by atoms with Gasteiger partial charge < -0.3 is 9.73 Å². The molecule has 2 aromatic rings. The van der Waals surface area contributed by atoms with Gasteiger partial charge in [0, 0.05) is 10.9 Å². The summed E-state index contributed by atoms with van der Waals surface area (Å²) in [4.78, 5) is 17.7. The lowest BCUT2D eigenvalue weighted by molar-refractivity contribution is 0.0923. The van der Waals surface area contributed by atoms with E-state index < -0.39 is 0 Å². The van der Waals surface area contributed by atoms with Crippen molar-refractivity contribution in [2.75, 3.05) is 0 Å². The Morgan fingerprint density at radius 1 is 1.40 bits per heavy atom. The van der Waals surface area contributed by atoms with Crippen LogP contribution in [0.15, 0.2) is 22.8 Å². The molecular weight excluding hydrogens is 272 g/mol. The lowest BCUT2D eigenvalue weighted by atomic mass is 9.95. The third kappa shape index (κ3) is 2.77. The molecule has 4 nitrogen and oxygen atoms in total. The summed E-state index contributed by atoms with van der Waals surface area (Å²) in [5.74, 6) is 0.665. The van der Waals surface area contributed by atoms with E-state index in [1.807, 2.05) is 19.1 Å². The Hall–Kier alpha value is -1.62. The van der Waals surface area contributed by atoms with Gasteiger partial charge in [0.25, 0.3) is 5.91 Å². The fourth-order valence-corrected chi connectivity index (χ4v) is 3.49. The molecule has 2 aromatic heterocycles. The first kappa shape index (κ1) is 13.4. The van der Waals surface area contributed by atoms with Gasteiger partial charge in [-0.1, -0.05) is 19.3 Å². The van der Waals surface area contributed by atoms with E-state index in [0.29, 0.717) is 11.7 Å². The fourth-order valence-electron chi connectivity index (χ4n) is 2.61. The minimum Gasteiger partial charge on any atom is -0.462 e. The second-order valence-electron chi connectivity index (χ2n) is 5.21. The fraction of sp³-hybridized carbons (Fsp3) is 0.467. The highest BCUT2D eigenvalue weighted by Gasteiger charge is 2.21. The van der Waals surface area contributed by atoms with Gasteiger partial charge in [0.1, 0.15) is 5.69 Å². The van der Waals surface area contributed by atoms with E-state index in [0.717, 1.165) is 28.5 Å². The predicted molar refractivity (Wildman–Crippen MR) is 78.9 cm³/mol. The van der Waals surface area contributed by atoms with Crippen molar-refractivity contribution in [3.8, 4) is 10.8 Å². The Morgan fingerprint density at radius 2 is 2.20 bits per heavy atom. The molecule has 0 radical (unpaired) electrons. The van der Waals surface area contributed by atoms with Crippen LogP contribution < -0.4 is 5.32 Å². The summed E-state index contributed by atoms with van der Waals surface area (Å²) in [6.45, 7) is 1.93. The molecule has 0 unspecified atom stereocenters. The smallest absolute Gasteiger partial charge is 0.271 e. The standard InChI is InChI=1S/C15H18N2O2S/c1-10-13(14(18)16-11-6-3-2-4-7-11)17-15(20-10)12-8-5-9-19-12/h5,8-9,11H,2-4,6-7H2,1H3,(H,16,18). The molecule has 20 heavy (non-hydrogen) atoms. The van der Waals surface area contributed by atoms with Crippen molar-refractivity contribution in [3.05, 3.63) is 29.0 Å². The maximum Gasteiger partial charge on any atom is 0.271 e. The predicted octanol–water partition coefficient (Wildman–Crippen LogP) is 3.77. The average Bonchev–Trinajstić information content (AvgIpc) is 3.08. The van der Waals surface area contributed by atoms with Crippen LogP contribution in [0, 0.1) is 6.92 Å². The zero-order chi connectivity index (χ0) is 13.9. The topological polar surface area (TPSA) is 55.1 Å². The van der Waals surface area contributed by atoms with Crippen molar-refractivity contribution in [1.82, 2.24) is 10.3 Å². The highest BCUT2D eigenvalue weighted by atomic mass is 32.1. The first-order valence-corrected chi connectivity index (χ1v) is 7.88. The number of furan rings is 1. The molecule has 1 aliphatic rings. The molecule has 1 N–H and O–H groups in total. The highest BCUT2D eigenvalue weighted by Crippen LogP contribution is 2.28. The maximum atomic E-state index is 12.3. The molecule has 0 spiro atoms. The first-order chi connectivity index (χ1) is 9.74. The Labute approximate surface area is 122 Å². The van der Waals surface area contributed by atoms with E-state index in [2.05, 4.69) is 10.3 Å². The van der Waals surface area contributed by atoms with Crippen molar-refractivity contribution >= 4 is 17.2 Å². The molecule has 2 heterocycles. The quantitative estimate of drug-likeness (QED) is 0.936. The van der Waals surface area contributed by atoms with Crippen LogP contribution in [0.2, 0.25) is 0 Å². The number of aromatic nitrogens is 1. The summed E-state index contributed by atoms with van der Waals surface area (Å²) >= 11 is 1.50. The van der Waals surface area contributed by atoms with Gasteiger partial charge in [-0.25, -0.2) is 4.98 Å². The molecular formula is C15H18N2O2S. The SMILES string of the molecule is Cc1sc(-c2ccco2)nc1C(=O)NC1CCCCC1. The number of nitrogens with one attached hydrogen (secondary N) is 1. The van der Waals surface area contributed by atoms with Gasteiger partial charge in [0.15, 0.2) is 10.8 Å². The van der Waals surface area contributed by atoms with E-state index in [1.165, 1.54) is 30.6 Å². The Balaban J connectivity index is 1.74. The number of rotatable bonds is 3. The molecule has 106 valence electrons. The van der Waals surface area contributed by atoms with Crippen LogP contribution in [0.25, 0.3) is 10.8 Å². The summed E-state index contributed by atoms with van der Waals surface area (Å²) in [7, 11) is 0. The monoisotopic (exact) mass is 290 g/mol. The zero-order valence-electron chi connectivity index (χ0n) is 11.5. The van der Waals surface area contributed by atoms with Crippen LogP contribution in [0.5, 0.6) is 0 Å². The molecule has 0 aromatic carbocycles. The number of hydrogen-bond donors (Lipinski definition) is 1. The van der Waals surface area contributed by atoms with Gasteiger partial charge in [0.2, 0.25) is 0 Å². The number of nitrogens with zero attached hydrogens (tertiary/aromatic N) is 1. The van der Waals surface area contributed by atoms with Crippen LogP contribution >= 0.6 is 11.3 Å². The number of hydrogen-bond acceptors (Lipinski definition) is 4. The summed E-state index contributed by atoms with van der Waals surface area (Å²) in [6.07, 6.45) is 7.48. The van der Waals surface area contributed by atoms with Crippen molar-refractivity contribution in [2.45, 2.75) is 45.1 Å². The molecule has 5 heteroatoms. The van der Waals surface area contributed by atoms with Gasteiger partial charge in [0.05, 0.1) is 6.26 Å². The van der Waals surface area contributed by atoms with Crippen LogP contribution in [0.3, 0.4) is 0 Å². The van der Waals surface area contributed by atoms with Gasteiger partial charge in [-0.15, -0.1) is 11.3 Å². The van der Waals surface area contributed by atoms with Crippen molar-refractivity contribution < 1.29 is 9.21 Å². The molecule has 0 bridgehead atoms. The molecule has 0 saturated heterocycles. The second-order valence-corrected chi connectivity index (χ2v) is 6.41. The Morgan fingerprint density at radius 3 is 2.90 bits per heavy atom. The lowest BCUT2D eigenvalue weighted by Crippen LogP contribution is -2.36. The average molecular weight is 290 g/mol. The lowest BCUT2D eigenvalue weighted by Gasteiger charge is -2.22. The maximum absolute atomic E-state index is 12.3. The largest absolute Gasteiger partial charge is 0.462 e. The van der Waals surface area contributed by atoms with E-state index in [4.69, 9.17) is 4.42 Å². The molecule has 0 atom stereocenters. The van der Waals surface area contributed by atoms with E-state index in [-0.39, 0.29) is 5.91 Å². The van der Waals surface area contributed by atoms with Crippen LogP contribution in [-0.2, 0) is 0 Å². The number of aryl methyl sites for hydroxylation is 1. The van der Waals surface area contributed by atoms with Gasteiger partial charge >= 0.3 is 0 Å². The van der Waals surface area contributed by atoms with E-state index >= 15 is 0 Å². The minimum atomic E-state index is -0.0524. The number of thiazole rings is 1. The third-order valence-electron chi connectivity index (χ3n) is 3.68. The molecule has 1 amide bonds. The van der Waals surface area contributed by atoms with Gasteiger partial charge in [-0.2, -0.15) is 0 Å². The Kier molecular flexibility index (Phi) is 3.87. The summed E-state index contributed by atoms with van der Waals surface area (Å²) in [5.41, 5.74) is 0.534. The number of amides is 1. The second kappa shape index (κ2) is 5.79. The van der Waals surface area contributed by atoms with E-state index in [1.54, 1.807) is 6.26 Å². The molecule has 1 fully saturated rings. The van der Waals surface area contributed by atoms with Crippen LogP contribution in [-0.4, -0.2) is 16.9 Å². The van der Waals surface area contributed by atoms with Crippen LogP contribution in [0.4, 0.5) is 0 Å². The summed E-state index contributed by atoms with van der Waals surface area (Å²) in [5, 5.41) is 3.87. The molecule has 1 saturated carbocycles. The van der Waals surface area contributed by atoms with Crippen molar-refractivity contribution in [3.63, 3.8) is 0 Å². The van der Waals surface area contributed by atoms with Crippen LogP contribution in [0.1, 0.15) is 47.5 Å². The molecule has 1 aliphatic carbocycles. The highest BCUT2D eigenvalue weighted by molar-refractivity contribution is 7.15. The molecule has 0 aliphatic heterocycles. The van der Waals surface area contributed by atoms with E-state index in [9.17, 15) is 4.79 Å². The van der Waals surface area contributed by atoms with Crippen molar-refractivity contribution in [2.24, 2.45) is 0 Å². The third-order valence-corrected chi connectivity index (χ3v) is 4.67. The normalized spacial score (nSPS) is 16.2. The Bertz CT molecular complexity index is 583. The van der Waals surface area contributed by atoms with Gasteiger partial charge in [-0.05, 0) is 31.9 Å². The molecule has 3 rings (SSSR count). The number of carbonyl (C=O) groups is 1. The van der Waals surface area contributed by atoms with Crippen molar-refractivity contribution in [1.29, 1.82) is 0 Å². The summed E-state index contributed by atoms with van der Waals surface area (Å²) in [6, 6.07) is 4.00. The van der Waals surface area contributed by atoms with Gasteiger partial charge in [-0.3, -0.25) is 4.79 Å². The number of carbonyl (C=O) groups excluding carboxylic acids is 1. The minimum absolute atomic E-state index is 0.0524. The summed E-state index contributed by atoms with van der Waals surface area (Å²) < 4.78 is 5.33. The zero-order valence-corrected chi connectivity index (χ0v) is 12.3.